The molecule has 1 fully saturated rings. The van der Waals surface area contributed by atoms with E-state index in [1.807, 2.05) is 26.0 Å². The molecule has 0 N–H and O–H groups in total. The molecule has 0 amide bonds. The van der Waals surface area contributed by atoms with E-state index in [2.05, 4.69) is 0 Å². The van der Waals surface area contributed by atoms with Crippen molar-refractivity contribution < 1.29 is 14.6 Å². The standard InChI is InChI=1S/C15H19ClO3/c1-14(2)10-15(7-8-19-14,9-13(17)18)11-3-5-12(16)6-4-11/h3-6H,7-10H2,1-2H3,(H,17,18)/p-1/t15-/m1/s1. The van der Waals surface area contributed by atoms with Crippen molar-refractivity contribution in [1.82, 2.24) is 0 Å². The zero-order valence-corrected chi connectivity index (χ0v) is 12.0. The second-order valence-corrected chi connectivity index (χ2v) is 6.31. The Morgan fingerprint density at radius 3 is 2.53 bits per heavy atom. The minimum atomic E-state index is -1.02. The number of rotatable bonds is 3. The first kappa shape index (κ1) is 14.4. The minimum Gasteiger partial charge on any atom is -0.550 e. The summed E-state index contributed by atoms with van der Waals surface area (Å²) >= 11 is 5.90. The van der Waals surface area contributed by atoms with E-state index in [1.54, 1.807) is 12.1 Å². The van der Waals surface area contributed by atoms with Crippen LogP contribution in [0.25, 0.3) is 0 Å². The largest absolute Gasteiger partial charge is 0.550 e. The molecule has 4 heteroatoms. The highest BCUT2D eigenvalue weighted by molar-refractivity contribution is 6.30. The molecule has 1 aromatic carbocycles. The van der Waals surface area contributed by atoms with Crippen LogP contribution in [-0.2, 0) is 14.9 Å². The van der Waals surface area contributed by atoms with Crippen molar-refractivity contribution in [1.29, 1.82) is 0 Å². The van der Waals surface area contributed by atoms with Gasteiger partial charge in [-0.2, -0.15) is 0 Å². The molecule has 1 aliphatic heterocycles. The van der Waals surface area contributed by atoms with Crippen molar-refractivity contribution >= 4 is 17.6 Å². The van der Waals surface area contributed by atoms with Crippen LogP contribution in [0.3, 0.4) is 0 Å². The first-order valence-electron chi connectivity index (χ1n) is 6.43. The third kappa shape index (κ3) is 3.28. The van der Waals surface area contributed by atoms with E-state index in [-0.39, 0.29) is 12.0 Å². The van der Waals surface area contributed by atoms with Crippen LogP contribution in [0.4, 0.5) is 0 Å². The molecule has 2 rings (SSSR count). The van der Waals surface area contributed by atoms with Crippen LogP contribution < -0.4 is 5.11 Å². The highest BCUT2D eigenvalue weighted by atomic mass is 35.5. The number of ether oxygens (including phenoxy) is 1. The topological polar surface area (TPSA) is 49.4 Å². The maximum Gasteiger partial charge on any atom is 0.0635 e. The zero-order chi connectivity index (χ0) is 14.1. The molecule has 0 spiro atoms. The molecule has 0 aromatic heterocycles. The Hall–Kier alpha value is -1.06. The Labute approximate surface area is 118 Å². The number of benzene rings is 1. The van der Waals surface area contributed by atoms with E-state index < -0.39 is 11.4 Å². The lowest BCUT2D eigenvalue weighted by Gasteiger charge is -2.45. The number of carboxylic acid groups (broad SMARTS) is 1. The lowest BCUT2D eigenvalue weighted by Crippen LogP contribution is -2.46. The van der Waals surface area contributed by atoms with E-state index in [0.717, 1.165) is 5.56 Å². The molecule has 0 radical (unpaired) electrons. The van der Waals surface area contributed by atoms with Gasteiger partial charge in [-0.25, -0.2) is 0 Å². The summed E-state index contributed by atoms with van der Waals surface area (Å²) in [6.45, 7) is 4.54. The summed E-state index contributed by atoms with van der Waals surface area (Å²) in [5.41, 5.74) is 0.246. The molecule has 1 aromatic rings. The first-order valence-corrected chi connectivity index (χ1v) is 6.81. The van der Waals surface area contributed by atoms with Crippen LogP contribution in [0, 0.1) is 0 Å². The van der Waals surface area contributed by atoms with E-state index in [1.165, 1.54) is 0 Å². The second kappa shape index (κ2) is 5.14. The third-order valence-electron chi connectivity index (χ3n) is 3.78. The minimum absolute atomic E-state index is 0.0153. The molecule has 104 valence electrons. The fraction of sp³-hybridized carbons (Fsp3) is 0.533. The third-order valence-corrected chi connectivity index (χ3v) is 4.03. The molecule has 19 heavy (non-hydrogen) atoms. The zero-order valence-electron chi connectivity index (χ0n) is 11.2. The van der Waals surface area contributed by atoms with Crippen molar-refractivity contribution in [2.75, 3.05) is 6.61 Å². The van der Waals surface area contributed by atoms with Gasteiger partial charge in [0.05, 0.1) is 5.60 Å². The number of aliphatic carboxylic acids is 1. The number of carbonyl (C=O) groups excluding carboxylic acids is 1. The van der Waals surface area contributed by atoms with E-state index in [0.29, 0.717) is 24.5 Å². The summed E-state index contributed by atoms with van der Waals surface area (Å²) in [6, 6.07) is 7.42. The summed E-state index contributed by atoms with van der Waals surface area (Å²) in [5, 5.41) is 11.8. The lowest BCUT2D eigenvalue weighted by molar-refractivity contribution is -0.308. The molecular formula is C15H18ClO3-. The van der Waals surface area contributed by atoms with Crippen LogP contribution in [0.5, 0.6) is 0 Å². The van der Waals surface area contributed by atoms with Gasteiger partial charge in [-0.3, -0.25) is 0 Å². The Balaban J connectivity index is 2.39. The Kier molecular flexibility index (Phi) is 3.88. The SMILES string of the molecule is CC1(C)C[C@@](CC(=O)[O-])(c2ccc(Cl)cc2)CCO1. The highest BCUT2D eigenvalue weighted by Gasteiger charge is 2.42. The molecule has 0 bridgehead atoms. The van der Waals surface area contributed by atoms with Gasteiger partial charge < -0.3 is 14.6 Å². The number of hydrogen-bond donors (Lipinski definition) is 0. The van der Waals surface area contributed by atoms with Gasteiger partial charge in [-0.1, -0.05) is 23.7 Å². The van der Waals surface area contributed by atoms with Crippen LogP contribution >= 0.6 is 11.6 Å². The predicted molar refractivity (Wildman–Crippen MR) is 72.0 cm³/mol. The number of halogens is 1. The van der Waals surface area contributed by atoms with Crippen LogP contribution in [0.1, 0.15) is 38.7 Å². The van der Waals surface area contributed by atoms with Gasteiger partial charge in [-0.15, -0.1) is 0 Å². The van der Waals surface area contributed by atoms with Crippen molar-refractivity contribution in [3.8, 4) is 0 Å². The smallest absolute Gasteiger partial charge is 0.0635 e. The quantitative estimate of drug-likeness (QED) is 0.854. The lowest BCUT2D eigenvalue weighted by atomic mass is 9.67. The summed E-state index contributed by atoms with van der Waals surface area (Å²) in [6.07, 6.45) is 1.36. The summed E-state index contributed by atoms with van der Waals surface area (Å²) in [7, 11) is 0. The Morgan fingerprint density at radius 2 is 2.00 bits per heavy atom. The first-order chi connectivity index (χ1) is 8.83. The van der Waals surface area contributed by atoms with Crippen molar-refractivity contribution in [3.63, 3.8) is 0 Å². The summed E-state index contributed by atoms with van der Waals surface area (Å²) < 4.78 is 5.71. The summed E-state index contributed by atoms with van der Waals surface area (Å²) in [5.74, 6) is -1.02. The molecule has 1 heterocycles. The van der Waals surface area contributed by atoms with Crippen molar-refractivity contribution in [2.45, 2.75) is 44.1 Å². The summed E-state index contributed by atoms with van der Waals surface area (Å²) in [4.78, 5) is 11.1. The molecule has 0 aliphatic carbocycles. The van der Waals surface area contributed by atoms with Crippen molar-refractivity contribution in [3.05, 3.63) is 34.9 Å². The fourth-order valence-corrected chi connectivity index (χ4v) is 3.18. The van der Waals surface area contributed by atoms with Gasteiger partial charge in [0, 0.05) is 23.0 Å². The van der Waals surface area contributed by atoms with E-state index in [4.69, 9.17) is 16.3 Å². The van der Waals surface area contributed by atoms with Gasteiger partial charge in [0.2, 0.25) is 0 Å². The van der Waals surface area contributed by atoms with Gasteiger partial charge >= 0.3 is 0 Å². The van der Waals surface area contributed by atoms with Crippen LogP contribution in [0.15, 0.2) is 24.3 Å². The molecule has 1 atom stereocenters. The molecule has 3 nitrogen and oxygen atoms in total. The number of carboxylic acids is 1. The predicted octanol–water partition coefficient (Wildman–Crippen LogP) is 2.31. The highest BCUT2D eigenvalue weighted by Crippen LogP contribution is 2.44. The monoisotopic (exact) mass is 281 g/mol. The number of carbonyl (C=O) groups is 1. The van der Waals surface area contributed by atoms with Crippen molar-refractivity contribution in [2.24, 2.45) is 0 Å². The van der Waals surface area contributed by atoms with Crippen LogP contribution in [0.2, 0.25) is 5.02 Å². The molecule has 0 unspecified atom stereocenters. The van der Waals surface area contributed by atoms with Gasteiger partial charge in [-0.05, 0) is 50.8 Å². The second-order valence-electron chi connectivity index (χ2n) is 5.87. The van der Waals surface area contributed by atoms with E-state index >= 15 is 0 Å². The van der Waals surface area contributed by atoms with E-state index in [9.17, 15) is 9.90 Å². The maximum absolute atomic E-state index is 11.1. The molecule has 1 saturated heterocycles. The Morgan fingerprint density at radius 1 is 1.37 bits per heavy atom. The van der Waals surface area contributed by atoms with Gasteiger partial charge in [0.1, 0.15) is 0 Å². The average Bonchev–Trinajstić information content (AvgIpc) is 2.27. The maximum atomic E-state index is 11.1. The normalized spacial score (nSPS) is 26.1. The Bertz CT molecular complexity index is 467. The molecule has 0 saturated carbocycles. The number of hydrogen-bond acceptors (Lipinski definition) is 3. The van der Waals surface area contributed by atoms with Gasteiger partial charge in [0.15, 0.2) is 0 Å². The van der Waals surface area contributed by atoms with Crippen LogP contribution in [-0.4, -0.2) is 18.2 Å². The van der Waals surface area contributed by atoms with Gasteiger partial charge in [0.25, 0.3) is 0 Å². The fourth-order valence-electron chi connectivity index (χ4n) is 3.06. The average molecular weight is 282 g/mol. The molecule has 1 aliphatic rings. The molecular weight excluding hydrogens is 264 g/mol.